The molecular weight excluding hydrogens is 236 g/mol. The van der Waals surface area contributed by atoms with E-state index in [-0.39, 0.29) is 0 Å². The molecule has 0 spiro atoms. The lowest BCUT2D eigenvalue weighted by Crippen LogP contribution is -2.38. The van der Waals surface area contributed by atoms with Crippen molar-refractivity contribution in [3.8, 4) is 5.75 Å². The highest BCUT2D eigenvalue weighted by molar-refractivity contribution is 5.35. The molecule has 2 atom stereocenters. The zero-order valence-corrected chi connectivity index (χ0v) is 12.4. The Labute approximate surface area is 116 Å². The molecule has 0 amide bonds. The smallest absolute Gasteiger partial charge is 0.123 e. The number of nitrogens with one attached hydrogen (secondary N) is 1. The molecule has 3 nitrogen and oxygen atoms in total. The topological polar surface area (TPSA) is 24.5 Å². The number of hydrogen-bond acceptors (Lipinski definition) is 3. The molecule has 1 aliphatic heterocycles. The molecule has 1 heterocycles. The molecule has 1 aliphatic rings. The Morgan fingerprint density at radius 2 is 2.21 bits per heavy atom. The summed E-state index contributed by atoms with van der Waals surface area (Å²) in [4.78, 5) is 2.43. The van der Waals surface area contributed by atoms with Gasteiger partial charge in [0.2, 0.25) is 0 Å². The van der Waals surface area contributed by atoms with Gasteiger partial charge in [-0.15, -0.1) is 0 Å². The van der Waals surface area contributed by atoms with E-state index in [1.54, 1.807) is 7.11 Å². The van der Waals surface area contributed by atoms with Gasteiger partial charge in [-0.3, -0.25) is 0 Å². The maximum absolute atomic E-state index is 5.43. The molecule has 0 bridgehead atoms. The molecule has 0 radical (unpaired) electrons. The fourth-order valence-corrected chi connectivity index (χ4v) is 2.92. The van der Waals surface area contributed by atoms with Crippen molar-refractivity contribution in [2.75, 3.05) is 33.8 Å². The number of likely N-dealkylation sites (tertiary alicyclic amines) is 1. The van der Waals surface area contributed by atoms with E-state index < -0.39 is 0 Å². The first-order valence-corrected chi connectivity index (χ1v) is 7.25. The van der Waals surface area contributed by atoms with Crippen LogP contribution in [0.5, 0.6) is 5.75 Å². The number of ether oxygens (including phenoxy) is 1. The SMILES string of the molecule is COc1ccccc1[C@@H](C)NCC1CCCN(C)C1. The summed E-state index contributed by atoms with van der Waals surface area (Å²) in [7, 11) is 3.96. The molecule has 3 heteroatoms. The van der Waals surface area contributed by atoms with Gasteiger partial charge in [-0.05, 0) is 51.9 Å². The summed E-state index contributed by atoms with van der Waals surface area (Å²) in [5.41, 5.74) is 1.24. The molecule has 2 rings (SSSR count). The van der Waals surface area contributed by atoms with Gasteiger partial charge in [-0.2, -0.15) is 0 Å². The Morgan fingerprint density at radius 3 is 2.95 bits per heavy atom. The Morgan fingerprint density at radius 1 is 1.42 bits per heavy atom. The van der Waals surface area contributed by atoms with Crippen molar-refractivity contribution in [2.24, 2.45) is 5.92 Å². The molecule has 1 aromatic rings. The van der Waals surface area contributed by atoms with Crippen LogP contribution in [0.3, 0.4) is 0 Å². The van der Waals surface area contributed by atoms with Crippen molar-refractivity contribution in [3.63, 3.8) is 0 Å². The second-order valence-electron chi connectivity index (χ2n) is 5.64. The highest BCUT2D eigenvalue weighted by atomic mass is 16.5. The standard InChI is InChI=1S/C16H26N2O/c1-13(15-8-4-5-9-16(15)19-3)17-11-14-7-6-10-18(2)12-14/h4-5,8-9,13-14,17H,6-7,10-12H2,1-3H3/t13-,14?/m1/s1. The molecule has 0 aliphatic carbocycles. The molecule has 1 fully saturated rings. The number of hydrogen-bond donors (Lipinski definition) is 1. The van der Waals surface area contributed by atoms with Crippen molar-refractivity contribution in [3.05, 3.63) is 29.8 Å². The van der Waals surface area contributed by atoms with Crippen molar-refractivity contribution in [1.82, 2.24) is 10.2 Å². The quantitative estimate of drug-likeness (QED) is 0.883. The Bertz CT molecular complexity index is 394. The molecule has 1 unspecified atom stereocenters. The molecule has 19 heavy (non-hydrogen) atoms. The second kappa shape index (κ2) is 6.92. The molecule has 1 aromatic carbocycles. The van der Waals surface area contributed by atoms with E-state index in [2.05, 4.69) is 36.3 Å². The fourth-order valence-electron chi connectivity index (χ4n) is 2.92. The minimum atomic E-state index is 0.336. The van der Waals surface area contributed by atoms with E-state index in [1.165, 1.54) is 31.5 Å². The van der Waals surface area contributed by atoms with E-state index in [0.717, 1.165) is 18.2 Å². The summed E-state index contributed by atoms with van der Waals surface area (Å²) in [6.45, 7) is 5.76. The summed E-state index contributed by atoms with van der Waals surface area (Å²) >= 11 is 0. The van der Waals surface area contributed by atoms with Gasteiger partial charge in [0.1, 0.15) is 5.75 Å². The van der Waals surface area contributed by atoms with Crippen LogP contribution in [0.25, 0.3) is 0 Å². The summed E-state index contributed by atoms with van der Waals surface area (Å²) < 4.78 is 5.43. The van der Waals surface area contributed by atoms with Crippen molar-refractivity contribution in [1.29, 1.82) is 0 Å². The molecular formula is C16H26N2O. The third kappa shape index (κ3) is 3.95. The monoisotopic (exact) mass is 262 g/mol. The van der Waals surface area contributed by atoms with E-state index >= 15 is 0 Å². The maximum atomic E-state index is 5.43. The van der Waals surface area contributed by atoms with E-state index in [0.29, 0.717) is 6.04 Å². The van der Waals surface area contributed by atoms with E-state index in [1.807, 2.05) is 12.1 Å². The maximum Gasteiger partial charge on any atom is 0.123 e. The van der Waals surface area contributed by atoms with Gasteiger partial charge < -0.3 is 15.0 Å². The summed E-state index contributed by atoms with van der Waals surface area (Å²) in [5, 5.41) is 3.66. The van der Waals surface area contributed by atoms with E-state index in [9.17, 15) is 0 Å². The number of piperidine rings is 1. The third-order valence-corrected chi connectivity index (χ3v) is 4.04. The van der Waals surface area contributed by atoms with Gasteiger partial charge in [0, 0.05) is 18.2 Å². The number of benzene rings is 1. The first-order valence-electron chi connectivity index (χ1n) is 7.25. The van der Waals surface area contributed by atoms with Gasteiger partial charge in [-0.25, -0.2) is 0 Å². The predicted molar refractivity (Wildman–Crippen MR) is 79.6 cm³/mol. The lowest BCUT2D eigenvalue weighted by atomic mass is 9.97. The zero-order chi connectivity index (χ0) is 13.7. The predicted octanol–water partition coefficient (Wildman–Crippen LogP) is 2.69. The van der Waals surface area contributed by atoms with Crippen LogP contribution < -0.4 is 10.1 Å². The van der Waals surface area contributed by atoms with Crippen LogP contribution in [0, 0.1) is 5.92 Å². The van der Waals surface area contributed by atoms with Crippen molar-refractivity contribution in [2.45, 2.75) is 25.8 Å². The van der Waals surface area contributed by atoms with Crippen molar-refractivity contribution < 1.29 is 4.74 Å². The minimum absolute atomic E-state index is 0.336. The Hall–Kier alpha value is -1.06. The molecule has 1 saturated heterocycles. The minimum Gasteiger partial charge on any atom is -0.496 e. The Kier molecular flexibility index (Phi) is 5.23. The van der Waals surface area contributed by atoms with Gasteiger partial charge in [0.05, 0.1) is 7.11 Å². The van der Waals surface area contributed by atoms with Crippen LogP contribution >= 0.6 is 0 Å². The summed E-state index contributed by atoms with van der Waals surface area (Å²) in [6, 6.07) is 8.60. The summed E-state index contributed by atoms with van der Waals surface area (Å²) in [6.07, 6.45) is 2.67. The molecule has 1 N–H and O–H groups in total. The first kappa shape index (κ1) is 14.4. The molecule has 0 saturated carbocycles. The van der Waals surface area contributed by atoms with Crippen LogP contribution in [-0.4, -0.2) is 38.7 Å². The fraction of sp³-hybridized carbons (Fsp3) is 0.625. The van der Waals surface area contributed by atoms with Crippen LogP contribution in [0.1, 0.15) is 31.4 Å². The number of rotatable bonds is 5. The van der Waals surface area contributed by atoms with Crippen LogP contribution in [0.4, 0.5) is 0 Å². The van der Waals surface area contributed by atoms with Crippen LogP contribution in [0.15, 0.2) is 24.3 Å². The zero-order valence-electron chi connectivity index (χ0n) is 12.4. The largest absolute Gasteiger partial charge is 0.496 e. The van der Waals surface area contributed by atoms with Crippen molar-refractivity contribution >= 4 is 0 Å². The third-order valence-electron chi connectivity index (χ3n) is 4.04. The van der Waals surface area contributed by atoms with E-state index in [4.69, 9.17) is 4.74 Å². The van der Waals surface area contributed by atoms with Crippen LogP contribution in [-0.2, 0) is 0 Å². The average Bonchev–Trinajstić information content (AvgIpc) is 2.45. The lowest BCUT2D eigenvalue weighted by molar-refractivity contribution is 0.203. The first-order chi connectivity index (χ1) is 9.20. The number of methoxy groups -OCH3 is 1. The van der Waals surface area contributed by atoms with Gasteiger partial charge in [0.25, 0.3) is 0 Å². The van der Waals surface area contributed by atoms with Gasteiger partial charge in [0.15, 0.2) is 0 Å². The normalized spacial score (nSPS) is 22.2. The highest BCUT2D eigenvalue weighted by Gasteiger charge is 2.18. The summed E-state index contributed by atoms with van der Waals surface area (Å²) in [5.74, 6) is 1.75. The number of para-hydroxylation sites is 1. The lowest BCUT2D eigenvalue weighted by Gasteiger charge is -2.30. The second-order valence-corrected chi connectivity index (χ2v) is 5.64. The number of nitrogens with zero attached hydrogens (tertiary/aromatic N) is 1. The van der Waals surface area contributed by atoms with Gasteiger partial charge in [-0.1, -0.05) is 18.2 Å². The van der Waals surface area contributed by atoms with Gasteiger partial charge >= 0.3 is 0 Å². The molecule has 0 aromatic heterocycles. The highest BCUT2D eigenvalue weighted by Crippen LogP contribution is 2.24. The van der Waals surface area contributed by atoms with Crippen LogP contribution in [0.2, 0.25) is 0 Å². The average molecular weight is 262 g/mol. The molecule has 106 valence electrons. The Balaban J connectivity index is 1.88.